The molecule has 1 saturated carbocycles. The van der Waals surface area contributed by atoms with Crippen LogP contribution in [0.3, 0.4) is 0 Å². The molecule has 0 unspecified atom stereocenters. The maximum Gasteiger partial charge on any atom is 0.213 e. The minimum absolute atomic E-state index is 0.406. The minimum Gasteiger partial charge on any atom is -0.383 e. The molecule has 1 aliphatic rings. The van der Waals surface area contributed by atoms with Gasteiger partial charge in [0.2, 0.25) is 5.95 Å². The van der Waals surface area contributed by atoms with Crippen LogP contribution in [0, 0.1) is 18.8 Å². The number of rotatable bonds is 3. The SMILES string of the molecule is Cc1nc(F)ccc1NCC1CCC1. The highest BCUT2D eigenvalue weighted by molar-refractivity contribution is 5.46. The Morgan fingerprint density at radius 3 is 2.86 bits per heavy atom. The zero-order chi connectivity index (χ0) is 9.97. The number of hydrogen-bond acceptors (Lipinski definition) is 2. The monoisotopic (exact) mass is 194 g/mol. The highest BCUT2D eigenvalue weighted by Gasteiger charge is 2.16. The molecule has 0 aliphatic heterocycles. The Morgan fingerprint density at radius 1 is 1.50 bits per heavy atom. The Bertz CT molecular complexity index is 321. The van der Waals surface area contributed by atoms with Crippen molar-refractivity contribution in [3.63, 3.8) is 0 Å². The molecular formula is C11H15FN2. The number of nitrogens with zero attached hydrogens (tertiary/aromatic N) is 1. The summed E-state index contributed by atoms with van der Waals surface area (Å²) in [7, 11) is 0. The van der Waals surface area contributed by atoms with Gasteiger partial charge in [-0.1, -0.05) is 6.42 Å². The summed E-state index contributed by atoms with van der Waals surface area (Å²) in [6.07, 6.45) is 3.99. The fourth-order valence-corrected chi connectivity index (χ4v) is 1.67. The molecule has 2 nitrogen and oxygen atoms in total. The molecular weight excluding hydrogens is 179 g/mol. The van der Waals surface area contributed by atoms with E-state index in [0.717, 1.165) is 23.8 Å². The van der Waals surface area contributed by atoms with Crippen molar-refractivity contribution in [3.05, 3.63) is 23.8 Å². The van der Waals surface area contributed by atoms with Crippen LogP contribution in [-0.4, -0.2) is 11.5 Å². The highest BCUT2D eigenvalue weighted by Crippen LogP contribution is 2.26. The number of hydrogen-bond donors (Lipinski definition) is 1. The zero-order valence-corrected chi connectivity index (χ0v) is 8.39. The van der Waals surface area contributed by atoms with Gasteiger partial charge in [0.05, 0.1) is 11.4 Å². The summed E-state index contributed by atoms with van der Waals surface area (Å²) in [6.45, 7) is 2.82. The Balaban J connectivity index is 1.94. The zero-order valence-electron chi connectivity index (χ0n) is 8.39. The lowest BCUT2D eigenvalue weighted by Gasteiger charge is -2.26. The summed E-state index contributed by atoms with van der Waals surface area (Å²) in [4.78, 5) is 3.77. The van der Waals surface area contributed by atoms with Crippen LogP contribution in [0.4, 0.5) is 10.1 Å². The molecule has 0 bridgehead atoms. The molecule has 0 atom stereocenters. The molecule has 0 spiro atoms. The molecule has 1 aromatic rings. The molecule has 1 heterocycles. The predicted molar refractivity (Wildman–Crippen MR) is 54.8 cm³/mol. The molecule has 0 saturated heterocycles. The lowest BCUT2D eigenvalue weighted by molar-refractivity contribution is 0.333. The summed E-state index contributed by atoms with van der Waals surface area (Å²) in [6, 6.07) is 3.16. The first kappa shape index (κ1) is 9.44. The molecule has 2 rings (SSSR count). The fraction of sp³-hybridized carbons (Fsp3) is 0.545. The van der Waals surface area contributed by atoms with E-state index in [2.05, 4.69) is 10.3 Å². The molecule has 1 aromatic heterocycles. The van der Waals surface area contributed by atoms with E-state index in [9.17, 15) is 4.39 Å². The molecule has 1 aliphatic carbocycles. The van der Waals surface area contributed by atoms with Gasteiger partial charge < -0.3 is 5.32 Å². The largest absolute Gasteiger partial charge is 0.383 e. The van der Waals surface area contributed by atoms with Gasteiger partial charge in [0.1, 0.15) is 0 Å². The Morgan fingerprint density at radius 2 is 2.29 bits per heavy atom. The molecule has 0 amide bonds. The van der Waals surface area contributed by atoms with Gasteiger partial charge in [0, 0.05) is 6.54 Å². The summed E-state index contributed by atoms with van der Waals surface area (Å²) < 4.78 is 12.7. The molecule has 0 aromatic carbocycles. The number of nitrogens with one attached hydrogen (secondary N) is 1. The number of pyridine rings is 1. The van der Waals surface area contributed by atoms with Gasteiger partial charge in [0.25, 0.3) is 0 Å². The van der Waals surface area contributed by atoms with Gasteiger partial charge in [-0.15, -0.1) is 0 Å². The summed E-state index contributed by atoms with van der Waals surface area (Å²) in [5.41, 5.74) is 1.70. The van der Waals surface area contributed by atoms with Gasteiger partial charge in [-0.05, 0) is 37.8 Å². The van der Waals surface area contributed by atoms with Crippen molar-refractivity contribution < 1.29 is 4.39 Å². The fourth-order valence-electron chi connectivity index (χ4n) is 1.67. The quantitative estimate of drug-likeness (QED) is 0.748. The van der Waals surface area contributed by atoms with E-state index in [1.165, 1.54) is 25.3 Å². The van der Waals surface area contributed by atoms with E-state index >= 15 is 0 Å². The summed E-state index contributed by atoms with van der Waals surface area (Å²) in [5, 5.41) is 3.31. The van der Waals surface area contributed by atoms with Crippen molar-refractivity contribution in [2.24, 2.45) is 5.92 Å². The van der Waals surface area contributed by atoms with Gasteiger partial charge in [-0.3, -0.25) is 0 Å². The van der Waals surface area contributed by atoms with Crippen LogP contribution in [-0.2, 0) is 0 Å². The maximum absolute atomic E-state index is 12.7. The van der Waals surface area contributed by atoms with Crippen LogP contribution in [0.5, 0.6) is 0 Å². The first-order valence-corrected chi connectivity index (χ1v) is 5.13. The van der Waals surface area contributed by atoms with Crippen molar-refractivity contribution in [2.45, 2.75) is 26.2 Å². The molecule has 76 valence electrons. The van der Waals surface area contributed by atoms with Crippen molar-refractivity contribution in [1.82, 2.24) is 4.98 Å². The normalized spacial score (nSPS) is 16.4. The van der Waals surface area contributed by atoms with Gasteiger partial charge in [-0.25, -0.2) is 4.98 Å². The van der Waals surface area contributed by atoms with Gasteiger partial charge in [0.15, 0.2) is 0 Å². The third-order valence-electron chi connectivity index (χ3n) is 2.86. The van der Waals surface area contributed by atoms with Crippen LogP contribution < -0.4 is 5.32 Å². The number of anilines is 1. The number of aryl methyl sites for hydroxylation is 1. The average molecular weight is 194 g/mol. The lowest BCUT2D eigenvalue weighted by atomic mass is 9.85. The van der Waals surface area contributed by atoms with E-state index in [4.69, 9.17) is 0 Å². The third-order valence-corrected chi connectivity index (χ3v) is 2.86. The smallest absolute Gasteiger partial charge is 0.213 e. The predicted octanol–water partition coefficient (Wildman–Crippen LogP) is 2.74. The summed E-state index contributed by atoms with van der Waals surface area (Å²) in [5.74, 6) is 0.399. The van der Waals surface area contributed by atoms with Crippen LogP contribution >= 0.6 is 0 Å². The van der Waals surface area contributed by atoms with E-state index < -0.39 is 5.95 Å². The van der Waals surface area contributed by atoms with Crippen molar-refractivity contribution >= 4 is 5.69 Å². The average Bonchev–Trinajstić information content (AvgIpc) is 2.05. The van der Waals surface area contributed by atoms with Crippen molar-refractivity contribution in [2.75, 3.05) is 11.9 Å². The Kier molecular flexibility index (Phi) is 2.66. The van der Waals surface area contributed by atoms with E-state index in [0.29, 0.717) is 0 Å². The van der Waals surface area contributed by atoms with E-state index in [1.807, 2.05) is 6.92 Å². The number of aromatic nitrogens is 1. The lowest BCUT2D eigenvalue weighted by Crippen LogP contribution is -2.21. The summed E-state index contributed by atoms with van der Waals surface area (Å²) >= 11 is 0. The second-order valence-corrected chi connectivity index (χ2v) is 3.94. The Hall–Kier alpha value is -1.12. The van der Waals surface area contributed by atoms with Crippen LogP contribution in [0.1, 0.15) is 25.0 Å². The van der Waals surface area contributed by atoms with Crippen LogP contribution in [0.15, 0.2) is 12.1 Å². The minimum atomic E-state index is -0.406. The van der Waals surface area contributed by atoms with Gasteiger partial charge >= 0.3 is 0 Å². The van der Waals surface area contributed by atoms with Crippen LogP contribution in [0.25, 0.3) is 0 Å². The molecule has 14 heavy (non-hydrogen) atoms. The first-order chi connectivity index (χ1) is 6.75. The van der Waals surface area contributed by atoms with Crippen molar-refractivity contribution in [1.29, 1.82) is 0 Å². The third kappa shape index (κ3) is 2.03. The first-order valence-electron chi connectivity index (χ1n) is 5.13. The Labute approximate surface area is 83.6 Å². The molecule has 1 N–H and O–H groups in total. The van der Waals surface area contributed by atoms with E-state index in [-0.39, 0.29) is 0 Å². The standard InChI is InChI=1S/C11H15FN2/c1-8-10(5-6-11(12)14-8)13-7-9-3-2-4-9/h5-6,9,13H,2-4,7H2,1H3. The topological polar surface area (TPSA) is 24.9 Å². The highest BCUT2D eigenvalue weighted by atomic mass is 19.1. The molecule has 0 radical (unpaired) electrons. The maximum atomic E-state index is 12.7. The van der Waals surface area contributed by atoms with Gasteiger partial charge in [-0.2, -0.15) is 4.39 Å². The second-order valence-electron chi connectivity index (χ2n) is 3.94. The van der Waals surface area contributed by atoms with E-state index in [1.54, 1.807) is 6.07 Å². The van der Waals surface area contributed by atoms with Crippen LogP contribution in [0.2, 0.25) is 0 Å². The number of halogens is 1. The van der Waals surface area contributed by atoms with Crippen molar-refractivity contribution in [3.8, 4) is 0 Å². The molecule has 1 fully saturated rings. The second kappa shape index (κ2) is 3.95. The molecule has 3 heteroatoms.